The van der Waals surface area contributed by atoms with Crippen LogP contribution in [0.15, 0.2) is 53.1 Å². The van der Waals surface area contributed by atoms with Gasteiger partial charge in [-0.15, -0.1) is 0 Å². The summed E-state index contributed by atoms with van der Waals surface area (Å²) in [5.74, 6) is 2.14. The zero-order valence-corrected chi connectivity index (χ0v) is 20.7. The van der Waals surface area contributed by atoms with Crippen molar-refractivity contribution < 1.29 is 14.1 Å². The number of nitrogens with zero attached hydrogens (tertiary/aromatic N) is 5. The third-order valence-corrected chi connectivity index (χ3v) is 7.15. The summed E-state index contributed by atoms with van der Waals surface area (Å²) in [6, 6.07) is 15.6. The molecule has 1 atom stereocenters. The van der Waals surface area contributed by atoms with E-state index in [0.29, 0.717) is 29.8 Å². The van der Waals surface area contributed by atoms with E-state index in [1.54, 1.807) is 7.11 Å². The van der Waals surface area contributed by atoms with Crippen molar-refractivity contribution in [2.24, 2.45) is 5.92 Å². The number of likely N-dealkylation sites (tertiary alicyclic amines) is 1. The quantitative estimate of drug-likeness (QED) is 0.512. The highest BCUT2D eigenvalue weighted by Crippen LogP contribution is 2.27. The molecule has 0 bridgehead atoms. The second-order valence-electron chi connectivity index (χ2n) is 9.08. The molecule has 2 aliphatic rings. The lowest BCUT2D eigenvalue weighted by Gasteiger charge is -2.39. The number of rotatable bonds is 6. The maximum Gasteiger partial charge on any atom is 0.241 e. The summed E-state index contributed by atoms with van der Waals surface area (Å²) < 4.78 is 10.7. The Morgan fingerprint density at radius 1 is 1.09 bits per heavy atom. The summed E-state index contributed by atoms with van der Waals surface area (Å²) in [6.07, 6.45) is 1.90. The van der Waals surface area contributed by atoms with Crippen LogP contribution in [0.5, 0.6) is 5.75 Å². The topological polar surface area (TPSA) is 74.9 Å². The molecule has 2 fully saturated rings. The van der Waals surface area contributed by atoms with Gasteiger partial charge in [-0.25, -0.2) is 0 Å². The van der Waals surface area contributed by atoms with Gasteiger partial charge in [-0.2, -0.15) is 4.98 Å². The molecule has 2 aromatic carbocycles. The summed E-state index contributed by atoms with van der Waals surface area (Å²) in [6.45, 7) is 5.31. The van der Waals surface area contributed by atoms with Gasteiger partial charge in [0.1, 0.15) is 5.75 Å². The van der Waals surface area contributed by atoms with Crippen LogP contribution in [0.3, 0.4) is 0 Å². The Labute approximate surface area is 210 Å². The smallest absolute Gasteiger partial charge is 0.241 e. The fourth-order valence-corrected chi connectivity index (χ4v) is 5.12. The highest BCUT2D eigenvalue weighted by Gasteiger charge is 2.31. The lowest BCUT2D eigenvalue weighted by Crippen LogP contribution is -2.52. The van der Waals surface area contributed by atoms with Crippen LogP contribution < -0.4 is 9.64 Å². The maximum absolute atomic E-state index is 13.3. The summed E-state index contributed by atoms with van der Waals surface area (Å²) in [5.41, 5.74) is 1.92. The zero-order chi connectivity index (χ0) is 24.2. The largest absolute Gasteiger partial charge is 0.497 e. The first kappa shape index (κ1) is 23.6. The number of methoxy groups -OCH3 is 1. The number of aromatic nitrogens is 2. The molecule has 0 saturated carbocycles. The van der Waals surface area contributed by atoms with E-state index < -0.39 is 0 Å². The summed E-state index contributed by atoms with van der Waals surface area (Å²) >= 11 is 6.26. The molecule has 0 N–H and O–H groups in total. The second-order valence-corrected chi connectivity index (χ2v) is 9.48. The van der Waals surface area contributed by atoms with Crippen LogP contribution in [0.25, 0.3) is 11.4 Å². The number of hydrogen-bond acceptors (Lipinski definition) is 7. The van der Waals surface area contributed by atoms with Gasteiger partial charge in [-0.1, -0.05) is 28.9 Å². The molecule has 1 aromatic heterocycles. The number of hydrogen-bond donors (Lipinski definition) is 0. The Bertz CT molecular complexity index is 1140. The minimum Gasteiger partial charge on any atom is -0.497 e. The molecule has 35 heavy (non-hydrogen) atoms. The van der Waals surface area contributed by atoms with Gasteiger partial charge in [-0.3, -0.25) is 9.69 Å². The molecule has 9 heteroatoms. The Kier molecular flexibility index (Phi) is 7.20. The predicted molar refractivity (Wildman–Crippen MR) is 135 cm³/mol. The van der Waals surface area contributed by atoms with Gasteiger partial charge >= 0.3 is 0 Å². The molecular formula is C26H30ClN5O3. The van der Waals surface area contributed by atoms with E-state index in [4.69, 9.17) is 20.9 Å². The Hall–Kier alpha value is -3.10. The van der Waals surface area contributed by atoms with Crippen LogP contribution in [0, 0.1) is 5.92 Å². The van der Waals surface area contributed by atoms with Crippen molar-refractivity contribution in [3.63, 3.8) is 0 Å². The minimum absolute atomic E-state index is 0.00208. The lowest BCUT2D eigenvalue weighted by atomic mass is 9.96. The molecule has 0 aliphatic carbocycles. The Morgan fingerprint density at radius 2 is 1.86 bits per heavy atom. The number of ether oxygens (including phenoxy) is 1. The van der Waals surface area contributed by atoms with Gasteiger partial charge < -0.3 is 19.1 Å². The van der Waals surface area contributed by atoms with Crippen molar-refractivity contribution in [3.8, 4) is 17.1 Å². The molecule has 3 heterocycles. The fourth-order valence-electron chi connectivity index (χ4n) is 4.90. The normalized spacial score (nSPS) is 19.1. The highest BCUT2D eigenvalue weighted by atomic mass is 35.5. The number of anilines is 1. The van der Waals surface area contributed by atoms with E-state index in [2.05, 4.69) is 32.1 Å². The van der Waals surface area contributed by atoms with E-state index >= 15 is 0 Å². The molecule has 1 amide bonds. The van der Waals surface area contributed by atoms with E-state index in [1.165, 1.54) is 0 Å². The van der Waals surface area contributed by atoms with Gasteiger partial charge in [0.25, 0.3) is 0 Å². The third kappa shape index (κ3) is 5.44. The average Bonchev–Trinajstić information content (AvgIpc) is 3.37. The Balaban J connectivity index is 1.14. The van der Waals surface area contributed by atoms with Gasteiger partial charge in [0.2, 0.25) is 17.6 Å². The molecule has 0 spiro atoms. The zero-order valence-electron chi connectivity index (χ0n) is 19.9. The van der Waals surface area contributed by atoms with E-state index in [0.717, 1.165) is 62.6 Å². The molecular weight excluding hydrogens is 466 g/mol. The first-order valence-corrected chi connectivity index (χ1v) is 12.5. The second kappa shape index (κ2) is 10.7. The molecule has 184 valence electrons. The third-order valence-electron chi connectivity index (χ3n) is 6.83. The van der Waals surface area contributed by atoms with Crippen LogP contribution in [0.2, 0.25) is 5.02 Å². The molecule has 3 aromatic rings. The predicted octanol–water partition coefficient (Wildman–Crippen LogP) is 3.96. The molecule has 2 saturated heterocycles. The number of carbonyl (C=O) groups excluding carboxylic acids is 1. The van der Waals surface area contributed by atoms with Gasteiger partial charge in [0.05, 0.1) is 24.6 Å². The molecule has 1 unspecified atom stereocenters. The van der Waals surface area contributed by atoms with E-state index in [-0.39, 0.29) is 11.8 Å². The van der Waals surface area contributed by atoms with Gasteiger partial charge in [-0.05, 0) is 55.8 Å². The number of carbonyl (C=O) groups is 1. The van der Waals surface area contributed by atoms with Crippen LogP contribution in [0.4, 0.5) is 5.69 Å². The lowest BCUT2D eigenvalue weighted by molar-refractivity contribution is -0.137. The van der Waals surface area contributed by atoms with Crippen molar-refractivity contribution in [2.75, 3.05) is 51.3 Å². The number of benzene rings is 2. The molecule has 0 radical (unpaired) electrons. The van der Waals surface area contributed by atoms with Crippen LogP contribution in [-0.2, 0) is 11.3 Å². The van der Waals surface area contributed by atoms with Crippen LogP contribution >= 0.6 is 11.6 Å². The average molecular weight is 496 g/mol. The summed E-state index contributed by atoms with van der Waals surface area (Å²) in [7, 11) is 1.67. The van der Waals surface area contributed by atoms with Crippen molar-refractivity contribution in [2.45, 2.75) is 19.4 Å². The van der Waals surface area contributed by atoms with Crippen molar-refractivity contribution >= 4 is 23.2 Å². The van der Waals surface area contributed by atoms with Crippen molar-refractivity contribution in [1.82, 2.24) is 19.9 Å². The molecule has 8 nitrogen and oxygen atoms in total. The number of halogens is 1. The molecule has 5 rings (SSSR count). The van der Waals surface area contributed by atoms with Crippen molar-refractivity contribution in [1.29, 1.82) is 0 Å². The summed E-state index contributed by atoms with van der Waals surface area (Å²) in [4.78, 5) is 24.4. The SMILES string of the molecule is COc1ccc(N2CCN(C(=O)C3CCCN(Cc4nc(-c5ccccc5Cl)no4)C3)CC2)cc1. The highest BCUT2D eigenvalue weighted by molar-refractivity contribution is 6.33. The minimum atomic E-state index is 0.00208. The monoisotopic (exact) mass is 495 g/mol. The maximum atomic E-state index is 13.3. The van der Waals surface area contributed by atoms with Gasteiger partial charge in [0.15, 0.2) is 0 Å². The fraction of sp³-hybridized carbons (Fsp3) is 0.423. The first-order valence-electron chi connectivity index (χ1n) is 12.1. The van der Waals surface area contributed by atoms with Crippen LogP contribution in [0.1, 0.15) is 18.7 Å². The number of amides is 1. The number of piperazine rings is 1. The molecule has 2 aliphatic heterocycles. The summed E-state index contributed by atoms with van der Waals surface area (Å²) in [5, 5.41) is 4.69. The standard InChI is InChI=1S/C26H30ClN5O3/c1-34-21-10-8-20(9-11-21)31-13-15-32(16-14-31)26(33)19-5-4-12-30(17-19)18-24-28-25(29-35-24)22-6-2-3-7-23(22)27/h2-3,6-11,19H,4-5,12-18H2,1H3. The number of piperidine rings is 1. The van der Waals surface area contributed by atoms with E-state index in [1.807, 2.05) is 41.3 Å². The first-order chi connectivity index (χ1) is 17.1. The Morgan fingerprint density at radius 3 is 2.60 bits per heavy atom. The van der Waals surface area contributed by atoms with E-state index in [9.17, 15) is 4.79 Å². The van der Waals surface area contributed by atoms with Crippen LogP contribution in [-0.4, -0.2) is 72.2 Å². The van der Waals surface area contributed by atoms with Crippen molar-refractivity contribution in [3.05, 3.63) is 59.4 Å². The van der Waals surface area contributed by atoms with Gasteiger partial charge in [0, 0.05) is 44.0 Å².